The average molecular weight is 245 g/mol. The van der Waals surface area contributed by atoms with Crippen LogP contribution in [0.25, 0.3) is 0 Å². The number of alkyl halides is 2. The Balaban J connectivity index is 2.82. The van der Waals surface area contributed by atoms with Gasteiger partial charge in [-0.3, -0.25) is 0 Å². The third kappa shape index (κ3) is 3.94. The normalized spacial score (nSPS) is 12.8. The Bertz CT molecular complexity index is 334. The van der Waals surface area contributed by atoms with Gasteiger partial charge in [-0.05, 0) is 13.1 Å². The number of nitrogens with one attached hydrogen (secondary N) is 1. The maximum Gasteiger partial charge on any atom is 0.257 e. The van der Waals surface area contributed by atoms with Crippen molar-refractivity contribution in [2.75, 3.05) is 27.4 Å². The Morgan fingerprint density at radius 2 is 1.94 bits per heavy atom. The van der Waals surface area contributed by atoms with E-state index in [-0.39, 0.29) is 0 Å². The van der Waals surface area contributed by atoms with Crippen LogP contribution in [0.1, 0.15) is 11.6 Å². The lowest BCUT2D eigenvalue weighted by atomic mass is 10.1. The van der Waals surface area contributed by atoms with E-state index in [0.717, 1.165) is 0 Å². The van der Waals surface area contributed by atoms with Crippen LogP contribution in [0.5, 0.6) is 5.75 Å². The van der Waals surface area contributed by atoms with Gasteiger partial charge in [0, 0.05) is 12.7 Å². The van der Waals surface area contributed by atoms with E-state index in [1.54, 1.807) is 31.4 Å². The summed E-state index contributed by atoms with van der Waals surface area (Å²) in [6.45, 7) is 0.764. The van der Waals surface area contributed by atoms with Gasteiger partial charge in [0.15, 0.2) is 0 Å². The largest absolute Gasteiger partial charge is 0.491 e. The summed E-state index contributed by atoms with van der Waals surface area (Å²) in [7, 11) is 3.06. The molecule has 0 saturated carbocycles. The first-order valence-corrected chi connectivity index (χ1v) is 5.36. The van der Waals surface area contributed by atoms with Crippen LogP contribution in [-0.4, -0.2) is 33.8 Å². The van der Waals surface area contributed by atoms with Gasteiger partial charge >= 0.3 is 0 Å². The van der Waals surface area contributed by atoms with E-state index in [9.17, 15) is 8.78 Å². The van der Waals surface area contributed by atoms with Crippen molar-refractivity contribution in [2.45, 2.75) is 12.5 Å². The number of para-hydroxylation sites is 1. The molecule has 0 aromatic heterocycles. The number of methoxy groups -OCH3 is 1. The summed E-state index contributed by atoms with van der Waals surface area (Å²) < 4.78 is 35.9. The molecule has 96 valence electrons. The highest BCUT2D eigenvalue weighted by Gasteiger charge is 2.23. The maximum absolute atomic E-state index is 12.8. The minimum absolute atomic E-state index is 0.340. The van der Waals surface area contributed by atoms with Gasteiger partial charge in [-0.15, -0.1) is 0 Å². The van der Waals surface area contributed by atoms with E-state index < -0.39 is 12.5 Å². The molecule has 0 fully saturated rings. The smallest absolute Gasteiger partial charge is 0.257 e. The second kappa shape index (κ2) is 7.19. The van der Waals surface area contributed by atoms with Crippen LogP contribution in [0.4, 0.5) is 8.78 Å². The van der Waals surface area contributed by atoms with E-state index in [4.69, 9.17) is 9.47 Å². The molecule has 17 heavy (non-hydrogen) atoms. The van der Waals surface area contributed by atoms with Crippen molar-refractivity contribution in [2.24, 2.45) is 0 Å². The number of ether oxygens (including phenoxy) is 2. The monoisotopic (exact) mass is 245 g/mol. The highest BCUT2D eigenvalue weighted by atomic mass is 19.3. The van der Waals surface area contributed by atoms with Crippen LogP contribution in [-0.2, 0) is 4.74 Å². The zero-order chi connectivity index (χ0) is 12.7. The molecule has 1 N–H and O–H groups in total. The molecule has 3 nitrogen and oxygen atoms in total. The van der Waals surface area contributed by atoms with E-state index in [1.807, 2.05) is 0 Å². The number of hydrogen-bond acceptors (Lipinski definition) is 3. The Hall–Kier alpha value is -1.20. The van der Waals surface area contributed by atoms with Gasteiger partial charge in [-0.1, -0.05) is 18.2 Å². The van der Waals surface area contributed by atoms with Crippen LogP contribution in [0, 0.1) is 0 Å². The quantitative estimate of drug-likeness (QED) is 0.747. The maximum atomic E-state index is 12.8. The van der Waals surface area contributed by atoms with Crippen LogP contribution >= 0.6 is 0 Å². The summed E-state index contributed by atoms with van der Waals surface area (Å²) in [5.74, 6) is 0.462. The van der Waals surface area contributed by atoms with Crippen molar-refractivity contribution in [1.29, 1.82) is 0 Å². The summed E-state index contributed by atoms with van der Waals surface area (Å²) in [5, 5.41) is 2.59. The molecular formula is C12H17F2NO2. The van der Waals surface area contributed by atoms with Gasteiger partial charge in [0.1, 0.15) is 12.4 Å². The highest BCUT2D eigenvalue weighted by molar-refractivity contribution is 5.36. The fourth-order valence-electron chi connectivity index (χ4n) is 1.52. The van der Waals surface area contributed by atoms with Crippen molar-refractivity contribution in [1.82, 2.24) is 5.32 Å². The molecule has 1 aromatic rings. The zero-order valence-electron chi connectivity index (χ0n) is 9.95. The van der Waals surface area contributed by atoms with Crippen molar-refractivity contribution in [3.8, 4) is 5.75 Å². The van der Waals surface area contributed by atoms with E-state index in [0.29, 0.717) is 24.5 Å². The van der Waals surface area contributed by atoms with E-state index in [2.05, 4.69) is 5.32 Å². The summed E-state index contributed by atoms with van der Waals surface area (Å²) >= 11 is 0. The van der Waals surface area contributed by atoms with Gasteiger partial charge < -0.3 is 14.8 Å². The molecule has 1 unspecified atom stereocenters. The van der Waals surface area contributed by atoms with Gasteiger partial charge in [0.25, 0.3) is 6.43 Å². The lowest BCUT2D eigenvalue weighted by molar-refractivity contribution is 0.0989. The molecule has 1 aromatic carbocycles. The number of benzene rings is 1. The summed E-state index contributed by atoms with van der Waals surface area (Å²) in [6.07, 6.45) is -2.48. The first kappa shape index (κ1) is 13.9. The summed E-state index contributed by atoms with van der Waals surface area (Å²) in [6, 6.07) is 5.76. The van der Waals surface area contributed by atoms with Gasteiger partial charge in [0.2, 0.25) is 0 Å². The molecule has 1 rings (SSSR count). The fourth-order valence-corrected chi connectivity index (χ4v) is 1.52. The van der Waals surface area contributed by atoms with E-state index >= 15 is 0 Å². The molecule has 0 aliphatic rings. The molecule has 0 saturated heterocycles. The van der Waals surface area contributed by atoms with Crippen molar-refractivity contribution < 1.29 is 18.3 Å². The van der Waals surface area contributed by atoms with Crippen molar-refractivity contribution in [3.05, 3.63) is 29.8 Å². The molecule has 1 atom stereocenters. The van der Waals surface area contributed by atoms with Crippen molar-refractivity contribution >= 4 is 0 Å². The number of rotatable bonds is 7. The average Bonchev–Trinajstić information content (AvgIpc) is 2.32. The Morgan fingerprint density at radius 1 is 1.24 bits per heavy atom. The van der Waals surface area contributed by atoms with Crippen LogP contribution < -0.4 is 10.1 Å². The molecule has 5 heteroatoms. The Morgan fingerprint density at radius 3 is 2.53 bits per heavy atom. The first-order chi connectivity index (χ1) is 8.20. The second-order valence-electron chi connectivity index (χ2n) is 3.48. The van der Waals surface area contributed by atoms with Crippen LogP contribution in [0.2, 0.25) is 0 Å². The minimum atomic E-state index is -2.48. The Labute approximate surface area is 99.7 Å². The second-order valence-corrected chi connectivity index (χ2v) is 3.48. The molecule has 0 bridgehead atoms. The molecular weight excluding hydrogens is 228 g/mol. The molecule has 0 heterocycles. The number of hydrogen-bond donors (Lipinski definition) is 1. The van der Waals surface area contributed by atoms with Gasteiger partial charge in [-0.2, -0.15) is 0 Å². The van der Waals surface area contributed by atoms with E-state index in [1.165, 1.54) is 7.05 Å². The highest BCUT2D eigenvalue weighted by Crippen LogP contribution is 2.28. The van der Waals surface area contributed by atoms with Crippen molar-refractivity contribution in [3.63, 3.8) is 0 Å². The molecule has 0 radical (unpaired) electrons. The third-order valence-corrected chi connectivity index (χ3v) is 2.36. The Kier molecular flexibility index (Phi) is 5.86. The molecule has 0 amide bonds. The zero-order valence-corrected chi connectivity index (χ0v) is 9.95. The predicted molar refractivity (Wildman–Crippen MR) is 61.6 cm³/mol. The fraction of sp³-hybridized carbons (Fsp3) is 0.500. The van der Waals surface area contributed by atoms with Gasteiger partial charge in [0.05, 0.1) is 12.6 Å². The number of halogens is 2. The van der Waals surface area contributed by atoms with Crippen LogP contribution in [0.15, 0.2) is 24.3 Å². The van der Waals surface area contributed by atoms with Gasteiger partial charge in [-0.25, -0.2) is 8.78 Å². The molecule has 0 aliphatic carbocycles. The molecule has 0 spiro atoms. The lowest BCUT2D eigenvalue weighted by Gasteiger charge is -2.19. The molecule has 0 aliphatic heterocycles. The van der Waals surface area contributed by atoms with Crippen LogP contribution in [0.3, 0.4) is 0 Å². The first-order valence-electron chi connectivity index (χ1n) is 5.36. The predicted octanol–water partition coefficient (Wildman–Crippen LogP) is 2.24. The standard InChI is InChI=1S/C12H17F2NO2/c1-15-11(12(13)14)9-5-3-4-6-10(9)17-8-7-16-2/h3-6,11-12,15H,7-8H2,1-2H3. The third-order valence-electron chi connectivity index (χ3n) is 2.36. The SMILES string of the molecule is CNC(c1ccccc1OCCOC)C(F)F. The minimum Gasteiger partial charge on any atom is -0.491 e. The summed E-state index contributed by atoms with van der Waals surface area (Å²) in [4.78, 5) is 0. The lowest BCUT2D eigenvalue weighted by Crippen LogP contribution is -2.24. The topological polar surface area (TPSA) is 30.5 Å². The summed E-state index contributed by atoms with van der Waals surface area (Å²) in [5.41, 5.74) is 0.459.